The van der Waals surface area contributed by atoms with Gasteiger partial charge in [0.05, 0.1) is 0 Å². The first-order valence-electron chi connectivity index (χ1n) is 8.74. The van der Waals surface area contributed by atoms with Gasteiger partial charge in [0.25, 0.3) is 0 Å². The topological polar surface area (TPSA) is 39.7 Å². The van der Waals surface area contributed by atoms with Crippen molar-refractivity contribution in [3.05, 3.63) is 0 Å². The lowest BCUT2D eigenvalue weighted by molar-refractivity contribution is 0.397. The molecule has 0 bridgehead atoms. The van der Waals surface area contributed by atoms with Crippen LogP contribution in [0.2, 0.25) is 0 Å². The highest BCUT2D eigenvalue weighted by Gasteiger charge is 2.19. The number of hydrogen-bond donors (Lipinski definition) is 2. The zero-order valence-corrected chi connectivity index (χ0v) is 14.8. The molecule has 0 aliphatic carbocycles. The van der Waals surface area contributed by atoms with Gasteiger partial charge in [0.15, 0.2) is 5.96 Å². The lowest BCUT2D eigenvalue weighted by Crippen LogP contribution is -2.42. The van der Waals surface area contributed by atoms with Gasteiger partial charge in [-0.05, 0) is 52.1 Å². The third-order valence-corrected chi connectivity index (χ3v) is 4.14. The van der Waals surface area contributed by atoms with Crippen molar-refractivity contribution in [1.29, 1.82) is 0 Å². The first-order valence-corrected chi connectivity index (χ1v) is 8.74. The molecule has 0 aromatic rings. The van der Waals surface area contributed by atoms with Crippen LogP contribution in [0.4, 0.5) is 0 Å². The number of rotatable bonds is 8. The molecule has 0 saturated carbocycles. The van der Waals surface area contributed by atoms with Crippen molar-refractivity contribution < 1.29 is 0 Å². The van der Waals surface area contributed by atoms with Crippen LogP contribution in [-0.4, -0.2) is 50.1 Å². The quantitative estimate of drug-likeness (QED) is 0.534. The lowest BCUT2D eigenvalue weighted by Gasteiger charge is -2.19. The Balaban J connectivity index is 2.33. The molecule has 2 N–H and O–H groups in total. The summed E-state index contributed by atoms with van der Waals surface area (Å²) in [5.41, 5.74) is 0. The monoisotopic (exact) mass is 296 g/mol. The lowest BCUT2D eigenvalue weighted by atomic mass is 10.0. The largest absolute Gasteiger partial charge is 0.357 e. The van der Waals surface area contributed by atoms with E-state index in [1.807, 2.05) is 0 Å². The Morgan fingerprint density at radius 3 is 2.62 bits per heavy atom. The minimum absolute atomic E-state index is 0.493. The van der Waals surface area contributed by atoms with Crippen molar-refractivity contribution in [3.63, 3.8) is 0 Å². The Labute approximate surface area is 131 Å². The normalized spacial score (nSPS) is 21.8. The highest BCUT2D eigenvalue weighted by atomic mass is 15.2. The second kappa shape index (κ2) is 10.0. The smallest absolute Gasteiger partial charge is 0.191 e. The highest BCUT2D eigenvalue weighted by molar-refractivity contribution is 5.80. The molecule has 0 amide bonds. The maximum absolute atomic E-state index is 4.78. The molecule has 0 aromatic carbocycles. The summed E-state index contributed by atoms with van der Waals surface area (Å²) in [5, 5.41) is 6.93. The molecular weight excluding hydrogens is 260 g/mol. The maximum Gasteiger partial charge on any atom is 0.191 e. The van der Waals surface area contributed by atoms with Gasteiger partial charge < -0.3 is 15.5 Å². The third kappa shape index (κ3) is 8.30. The van der Waals surface area contributed by atoms with Crippen LogP contribution in [0.3, 0.4) is 0 Å². The number of nitrogens with one attached hydrogen (secondary N) is 2. The summed E-state index contributed by atoms with van der Waals surface area (Å²) in [7, 11) is 2.20. The average Bonchev–Trinajstić information content (AvgIpc) is 2.81. The number of hydrogen-bond acceptors (Lipinski definition) is 2. The second-order valence-electron chi connectivity index (χ2n) is 7.01. The fraction of sp³-hybridized carbons (Fsp3) is 0.941. The summed E-state index contributed by atoms with van der Waals surface area (Å²) in [4.78, 5) is 7.18. The molecule has 4 heteroatoms. The minimum Gasteiger partial charge on any atom is -0.357 e. The highest BCUT2D eigenvalue weighted by Crippen LogP contribution is 2.14. The first-order chi connectivity index (χ1) is 10.0. The Bertz CT molecular complexity index is 301. The molecule has 2 atom stereocenters. The van der Waals surface area contributed by atoms with Gasteiger partial charge in [0.2, 0.25) is 0 Å². The van der Waals surface area contributed by atoms with E-state index in [0.29, 0.717) is 6.04 Å². The minimum atomic E-state index is 0.493. The molecule has 1 saturated heterocycles. The number of likely N-dealkylation sites (tertiary alicyclic amines) is 1. The zero-order valence-electron chi connectivity index (χ0n) is 14.8. The van der Waals surface area contributed by atoms with Crippen molar-refractivity contribution in [1.82, 2.24) is 15.5 Å². The van der Waals surface area contributed by atoms with Crippen LogP contribution in [0.5, 0.6) is 0 Å². The van der Waals surface area contributed by atoms with E-state index in [1.165, 1.54) is 38.8 Å². The molecule has 2 unspecified atom stereocenters. The van der Waals surface area contributed by atoms with E-state index < -0.39 is 0 Å². The molecule has 21 heavy (non-hydrogen) atoms. The Morgan fingerprint density at radius 1 is 1.29 bits per heavy atom. The van der Waals surface area contributed by atoms with Crippen LogP contribution in [0, 0.1) is 11.8 Å². The van der Waals surface area contributed by atoms with Gasteiger partial charge in [-0.3, -0.25) is 4.99 Å². The van der Waals surface area contributed by atoms with Crippen molar-refractivity contribution in [2.45, 2.75) is 59.4 Å². The van der Waals surface area contributed by atoms with Crippen LogP contribution in [0.1, 0.15) is 53.4 Å². The van der Waals surface area contributed by atoms with Gasteiger partial charge in [-0.1, -0.05) is 26.7 Å². The molecule has 0 radical (unpaired) electrons. The van der Waals surface area contributed by atoms with Crippen LogP contribution in [0.15, 0.2) is 4.99 Å². The Kier molecular flexibility index (Phi) is 8.74. The molecular formula is C17H36N4. The first kappa shape index (κ1) is 18.3. The fourth-order valence-corrected chi connectivity index (χ4v) is 2.85. The molecule has 1 fully saturated rings. The average molecular weight is 297 g/mol. The predicted octanol–water partition coefficient (Wildman–Crippen LogP) is 2.71. The van der Waals surface area contributed by atoms with Crippen molar-refractivity contribution in [3.8, 4) is 0 Å². The predicted molar refractivity (Wildman–Crippen MR) is 92.9 cm³/mol. The summed E-state index contributed by atoms with van der Waals surface area (Å²) < 4.78 is 0. The van der Waals surface area contributed by atoms with Gasteiger partial charge in [-0.2, -0.15) is 0 Å². The Morgan fingerprint density at radius 2 is 2.05 bits per heavy atom. The van der Waals surface area contributed by atoms with E-state index >= 15 is 0 Å². The van der Waals surface area contributed by atoms with E-state index in [-0.39, 0.29) is 0 Å². The van der Waals surface area contributed by atoms with Crippen molar-refractivity contribution in [2.75, 3.05) is 33.2 Å². The second-order valence-corrected chi connectivity index (χ2v) is 7.01. The molecule has 0 aromatic heterocycles. The van der Waals surface area contributed by atoms with E-state index in [1.54, 1.807) is 0 Å². The van der Waals surface area contributed by atoms with E-state index in [4.69, 9.17) is 4.99 Å². The number of guanidine groups is 1. The summed E-state index contributed by atoms with van der Waals surface area (Å²) in [6, 6.07) is 0.493. The summed E-state index contributed by atoms with van der Waals surface area (Å²) in [6.45, 7) is 13.3. The standard InChI is InChI=1S/C17H36N4/c1-6-18-17(19-12-16-10-11-21(5)13-16)20-15(4)9-7-8-14(2)3/h14-16H,6-13H2,1-5H3,(H2,18,19,20). The number of aliphatic imine (C=N–C) groups is 1. The van der Waals surface area contributed by atoms with Gasteiger partial charge in [0.1, 0.15) is 0 Å². The van der Waals surface area contributed by atoms with Crippen LogP contribution < -0.4 is 10.6 Å². The zero-order chi connectivity index (χ0) is 15.7. The van der Waals surface area contributed by atoms with Gasteiger partial charge in [0, 0.05) is 25.7 Å². The van der Waals surface area contributed by atoms with Gasteiger partial charge in [-0.15, -0.1) is 0 Å². The SMILES string of the molecule is CCNC(=NCC1CCN(C)C1)NC(C)CCCC(C)C. The Hall–Kier alpha value is -0.770. The van der Waals surface area contributed by atoms with E-state index in [9.17, 15) is 0 Å². The van der Waals surface area contributed by atoms with Crippen LogP contribution in [-0.2, 0) is 0 Å². The molecule has 4 nitrogen and oxygen atoms in total. The maximum atomic E-state index is 4.78. The van der Waals surface area contributed by atoms with E-state index in [2.05, 4.69) is 50.3 Å². The molecule has 1 aliphatic heterocycles. The van der Waals surface area contributed by atoms with E-state index in [0.717, 1.165) is 30.9 Å². The molecule has 124 valence electrons. The fourth-order valence-electron chi connectivity index (χ4n) is 2.85. The molecule has 1 heterocycles. The summed E-state index contributed by atoms with van der Waals surface area (Å²) >= 11 is 0. The van der Waals surface area contributed by atoms with Crippen LogP contribution >= 0.6 is 0 Å². The molecule has 1 rings (SSSR count). The van der Waals surface area contributed by atoms with Gasteiger partial charge in [-0.25, -0.2) is 0 Å². The van der Waals surface area contributed by atoms with Gasteiger partial charge >= 0.3 is 0 Å². The molecule has 1 aliphatic rings. The van der Waals surface area contributed by atoms with Crippen molar-refractivity contribution >= 4 is 5.96 Å². The molecule has 0 spiro atoms. The summed E-state index contributed by atoms with van der Waals surface area (Å²) in [5.74, 6) is 2.52. The van der Waals surface area contributed by atoms with Crippen molar-refractivity contribution in [2.24, 2.45) is 16.8 Å². The van der Waals surface area contributed by atoms with Crippen LogP contribution in [0.25, 0.3) is 0 Å². The number of nitrogens with zero attached hydrogens (tertiary/aromatic N) is 2. The summed E-state index contributed by atoms with van der Waals surface area (Å²) in [6.07, 6.45) is 5.10. The third-order valence-electron chi connectivity index (χ3n) is 4.14.